The summed E-state index contributed by atoms with van der Waals surface area (Å²) >= 11 is 0. The summed E-state index contributed by atoms with van der Waals surface area (Å²) in [5.74, 6) is 0. The molecule has 0 radical (unpaired) electrons. The van der Waals surface area contributed by atoms with Gasteiger partial charge in [-0.05, 0) is 36.1 Å². The third kappa shape index (κ3) is 3.75. The number of morpholine rings is 1. The standard InChI is InChI=1S/C24H29N4O2P/c1-24(2)17-21-23(22(18-24)27-13-15-30-16-14-27)31(29,26-19-9-5-3-6-10-19)28(25-21)20-11-7-4-8-12-20/h3-12,17,25H,13-16,18H2,1-2H3,(H,26,29)/t31-/m1/s1. The van der Waals surface area contributed by atoms with Crippen LogP contribution in [0.1, 0.15) is 20.3 Å². The van der Waals surface area contributed by atoms with Gasteiger partial charge in [-0.2, -0.15) is 0 Å². The Labute approximate surface area is 184 Å². The molecule has 2 heterocycles. The number of anilines is 2. The second kappa shape index (κ2) is 7.77. The van der Waals surface area contributed by atoms with E-state index in [9.17, 15) is 4.57 Å². The number of para-hydroxylation sites is 2. The second-order valence-corrected chi connectivity index (χ2v) is 11.2. The van der Waals surface area contributed by atoms with Crippen molar-refractivity contribution in [1.29, 1.82) is 0 Å². The van der Waals surface area contributed by atoms with Crippen LogP contribution in [0, 0.1) is 5.41 Å². The van der Waals surface area contributed by atoms with Crippen molar-refractivity contribution in [3.05, 3.63) is 83.4 Å². The molecule has 162 valence electrons. The summed E-state index contributed by atoms with van der Waals surface area (Å²) in [6.45, 7) is 7.50. The molecule has 2 aromatic carbocycles. The fourth-order valence-electron chi connectivity index (χ4n) is 4.57. The van der Waals surface area contributed by atoms with Gasteiger partial charge in [0.15, 0.2) is 0 Å². The van der Waals surface area contributed by atoms with Crippen LogP contribution in [0.3, 0.4) is 0 Å². The van der Waals surface area contributed by atoms with E-state index in [2.05, 4.69) is 35.3 Å². The molecule has 1 atom stereocenters. The molecule has 31 heavy (non-hydrogen) atoms. The quantitative estimate of drug-likeness (QED) is 0.645. The Morgan fingerprint density at radius 1 is 1.00 bits per heavy atom. The molecular formula is C24H29N4O2P. The molecule has 1 aliphatic carbocycles. The zero-order valence-electron chi connectivity index (χ0n) is 18.0. The first-order chi connectivity index (χ1) is 15.0. The summed E-state index contributed by atoms with van der Waals surface area (Å²) in [5.41, 5.74) is 7.27. The number of fused-ring (bicyclic) bond motifs is 1. The first-order valence-electron chi connectivity index (χ1n) is 10.8. The van der Waals surface area contributed by atoms with E-state index >= 15 is 0 Å². The largest absolute Gasteiger partial charge is 0.378 e. The Kier molecular flexibility index (Phi) is 5.07. The molecule has 2 saturated heterocycles. The molecule has 2 aliphatic heterocycles. The van der Waals surface area contributed by atoms with Crippen molar-refractivity contribution in [3.63, 3.8) is 0 Å². The molecule has 7 heteroatoms. The van der Waals surface area contributed by atoms with Crippen LogP contribution in [0.5, 0.6) is 0 Å². The molecule has 2 fully saturated rings. The summed E-state index contributed by atoms with van der Waals surface area (Å²) in [7, 11) is -3.23. The predicted octanol–water partition coefficient (Wildman–Crippen LogP) is 5.17. The normalized spacial score (nSPS) is 25.0. The van der Waals surface area contributed by atoms with Crippen LogP contribution in [0.4, 0.5) is 11.4 Å². The van der Waals surface area contributed by atoms with Crippen molar-refractivity contribution in [2.45, 2.75) is 20.3 Å². The number of benzene rings is 2. The van der Waals surface area contributed by atoms with E-state index in [1.54, 1.807) is 0 Å². The van der Waals surface area contributed by atoms with Crippen molar-refractivity contribution in [2.24, 2.45) is 5.41 Å². The number of ether oxygens (including phenoxy) is 1. The maximum absolute atomic E-state index is 14.9. The Hall–Kier alpha value is -2.69. The van der Waals surface area contributed by atoms with E-state index in [0.717, 1.165) is 47.6 Å². The van der Waals surface area contributed by atoms with E-state index in [1.165, 1.54) is 0 Å². The molecule has 0 bridgehead atoms. The lowest BCUT2D eigenvalue weighted by Gasteiger charge is -2.38. The second-order valence-electron chi connectivity index (χ2n) is 8.93. The van der Waals surface area contributed by atoms with Crippen LogP contribution in [0.15, 0.2) is 83.4 Å². The summed E-state index contributed by atoms with van der Waals surface area (Å²) in [4.78, 5) is 2.36. The molecule has 2 aromatic rings. The zero-order chi connectivity index (χ0) is 21.5. The lowest BCUT2D eigenvalue weighted by atomic mass is 9.82. The number of nitrogens with zero attached hydrogens (tertiary/aromatic N) is 2. The highest BCUT2D eigenvalue weighted by Crippen LogP contribution is 2.66. The first kappa shape index (κ1) is 20.2. The average Bonchev–Trinajstić information content (AvgIpc) is 3.06. The third-order valence-electron chi connectivity index (χ3n) is 5.95. The van der Waals surface area contributed by atoms with E-state index < -0.39 is 7.44 Å². The lowest BCUT2D eigenvalue weighted by molar-refractivity contribution is 0.0497. The Morgan fingerprint density at radius 2 is 1.65 bits per heavy atom. The number of rotatable bonds is 4. The fourth-order valence-corrected chi connectivity index (χ4v) is 7.20. The fraction of sp³-hybridized carbons (Fsp3) is 0.333. The highest BCUT2D eigenvalue weighted by Gasteiger charge is 2.50. The molecule has 6 nitrogen and oxygen atoms in total. The summed E-state index contributed by atoms with van der Waals surface area (Å²) in [6.07, 6.45) is 3.07. The Bertz CT molecular complexity index is 1060. The summed E-state index contributed by atoms with van der Waals surface area (Å²) in [6, 6.07) is 19.7. The Morgan fingerprint density at radius 3 is 2.32 bits per heavy atom. The van der Waals surface area contributed by atoms with Crippen molar-refractivity contribution >= 4 is 18.8 Å². The minimum absolute atomic E-state index is 0.0380. The number of hydrazine groups is 1. The molecule has 3 aliphatic rings. The van der Waals surface area contributed by atoms with Gasteiger partial charge in [0.05, 0.1) is 29.9 Å². The summed E-state index contributed by atoms with van der Waals surface area (Å²) < 4.78 is 22.4. The smallest absolute Gasteiger partial charge is 0.312 e. The molecule has 0 saturated carbocycles. The maximum Gasteiger partial charge on any atom is 0.312 e. The topological polar surface area (TPSA) is 56.8 Å². The van der Waals surface area contributed by atoms with E-state index in [-0.39, 0.29) is 5.41 Å². The van der Waals surface area contributed by atoms with Gasteiger partial charge in [0.1, 0.15) is 0 Å². The van der Waals surface area contributed by atoms with Crippen molar-refractivity contribution < 1.29 is 9.30 Å². The van der Waals surface area contributed by atoms with Gasteiger partial charge in [0, 0.05) is 24.5 Å². The van der Waals surface area contributed by atoms with Crippen molar-refractivity contribution in [1.82, 2.24) is 10.3 Å². The first-order valence-corrected chi connectivity index (χ1v) is 12.5. The van der Waals surface area contributed by atoms with Crippen LogP contribution in [0.2, 0.25) is 0 Å². The highest BCUT2D eigenvalue weighted by molar-refractivity contribution is 7.71. The van der Waals surface area contributed by atoms with Gasteiger partial charge < -0.3 is 14.7 Å². The minimum Gasteiger partial charge on any atom is -0.378 e. The molecule has 0 amide bonds. The van der Waals surface area contributed by atoms with E-state index in [0.29, 0.717) is 13.2 Å². The van der Waals surface area contributed by atoms with Gasteiger partial charge in [0.25, 0.3) is 0 Å². The van der Waals surface area contributed by atoms with Gasteiger partial charge in [-0.1, -0.05) is 56.3 Å². The monoisotopic (exact) mass is 436 g/mol. The van der Waals surface area contributed by atoms with Gasteiger partial charge in [-0.3, -0.25) is 9.99 Å². The number of hydrogen-bond acceptors (Lipinski definition) is 4. The maximum atomic E-state index is 14.9. The molecule has 0 spiro atoms. The van der Waals surface area contributed by atoms with Crippen molar-refractivity contribution in [3.8, 4) is 0 Å². The SMILES string of the molecule is CC1(C)C=C2NN(c3ccccc3)[P@](=O)(Nc3ccccc3)C2=C(N2CCOCC2)C1. The summed E-state index contributed by atoms with van der Waals surface area (Å²) in [5, 5.41) is 4.31. The van der Waals surface area contributed by atoms with Crippen LogP contribution in [-0.2, 0) is 9.30 Å². The van der Waals surface area contributed by atoms with E-state index in [4.69, 9.17) is 4.74 Å². The van der Waals surface area contributed by atoms with Crippen LogP contribution in [0.25, 0.3) is 0 Å². The van der Waals surface area contributed by atoms with Gasteiger partial charge in [-0.25, -0.2) is 4.78 Å². The van der Waals surface area contributed by atoms with Crippen LogP contribution < -0.4 is 15.3 Å². The molecule has 0 unspecified atom stereocenters. The highest BCUT2D eigenvalue weighted by atomic mass is 31.2. The van der Waals surface area contributed by atoms with Crippen molar-refractivity contribution in [2.75, 3.05) is 36.2 Å². The van der Waals surface area contributed by atoms with Crippen LogP contribution in [-0.4, -0.2) is 31.2 Å². The minimum atomic E-state index is -3.23. The predicted molar refractivity (Wildman–Crippen MR) is 126 cm³/mol. The van der Waals surface area contributed by atoms with Gasteiger partial charge in [-0.15, -0.1) is 0 Å². The number of nitrogens with one attached hydrogen (secondary N) is 2. The Balaban J connectivity index is 1.68. The molecular weight excluding hydrogens is 407 g/mol. The number of hydrogen-bond donors (Lipinski definition) is 2. The number of allylic oxidation sites excluding steroid dienone is 3. The van der Waals surface area contributed by atoms with Gasteiger partial charge >= 0.3 is 7.44 Å². The molecule has 2 N–H and O–H groups in total. The molecule has 0 aromatic heterocycles. The van der Waals surface area contributed by atoms with E-state index in [1.807, 2.05) is 65.4 Å². The third-order valence-corrected chi connectivity index (χ3v) is 8.51. The van der Waals surface area contributed by atoms with Gasteiger partial charge in [0.2, 0.25) is 0 Å². The average molecular weight is 436 g/mol. The zero-order valence-corrected chi connectivity index (χ0v) is 18.9. The lowest BCUT2D eigenvalue weighted by Crippen LogP contribution is -2.38. The van der Waals surface area contributed by atoms with Crippen LogP contribution >= 0.6 is 7.44 Å². The molecule has 5 rings (SSSR count).